The molecule has 4 rings (SSSR count). The summed E-state index contributed by atoms with van der Waals surface area (Å²) in [6.07, 6.45) is 0. The molecule has 1 aromatic heterocycles. The van der Waals surface area contributed by atoms with E-state index in [0.29, 0.717) is 11.4 Å². The summed E-state index contributed by atoms with van der Waals surface area (Å²) in [5.41, 5.74) is 1.86. The highest BCUT2D eigenvalue weighted by atomic mass is 32.2. The van der Waals surface area contributed by atoms with Crippen molar-refractivity contribution in [1.82, 2.24) is 10.2 Å². The van der Waals surface area contributed by atoms with Gasteiger partial charge in [0.25, 0.3) is 5.91 Å². The van der Waals surface area contributed by atoms with Crippen molar-refractivity contribution < 1.29 is 4.79 Å². The molecular weight excluding hydrogens is 354 g/mol. The first-order valence-electron chi connectivity index (χ1n) is 8.59. The lowest BCUT2D eigenvalue weighted by Gasteiger charge is -2.07. The highest BCUT2D eigenvalue weighted by molar-refractivity contribution is 7.98. The number of carbonyl (C=O) groups excluding carboxylic acids is 1. The highest BCUT2D eigenvalue weighted by Gasteiger charge is 2.07. The maximum absolute atomic E-state index is 12.2. The normalized spacial score (nSPS) is 10.7. The van der Waals surface area contributed by atoms with Gasteiger partial charge in [-0.2, -0.15) is 0 Å². The van der Waals surface area contributed by atoms with Gasteiger partial charge in [-0.25, -0.2) is 0 Å². The summed E-state index contributed by atoms with van der Waals surface area (Å²) < 4.78 is 0. The van der Waals surface area contributed by atoms with Gasteiger partial charge in [0.15, 0.2) is 5.82 Å². The molecule has 1 N–H and O–H groups in total. The zero-order valence-electron chi connectivity index (χ0n) is 14.5. The second kappa shape index (κ2) is 8.01. The molecule has 0 aliphatic carbocycles. The fraction of sp³-hybridized carbons (Fsp3) is 0.0455. The van der Waals surface area contributed by atoms with E-state index >= 15 is 0 Å². The summed E-state index contributed by atoms with van der Waals surface area (Å²) in [6, 6.07) is 27.4. The van der Waals surface area contributed by atoms with Crippen LogP contribution in [0.4, 0.5) is 5.82 Å². The first-order chi connectivity index (χ1) is 13.3. The molecule has 1 heterocycles. The van der Waals surface area contributed by atoms with Crippen LogP contribution in [0.25, 0.3) is 10.8 Å². The Morgan fingerprint density at radius 1 is 0.815 bits per heavy atom. The molecule has 0 saturated carbocycles. The van der Waals surface area contributed by atoms with Crippen LogP contribution in [-0.2, 0) is 5.75 Å². The number of anilines is 1. The smallest absolute Gasteiger partial charge is 0.256 e. The van der Waals surface area contributed by atoms with Crippen LogP contribution in [0.3, 0.4) is 0 Å². The average molecular weight is 371 g/mol. The van der Waals surface area contributed by atoms with Crippen LogP contribution in [0.5, 0.6) is 0 Å². The molecule has 0 aliphatic heterocycles. The molecule has 0 spiro atoms. The number of thioether (sulfide) groups is 1. The zero-order chi connectivity index (χ0) is 18.5. The van der Waals surface area contributed by atoms with Gasteiger partial charge in [0.2, 0.25) is 0 Å². The van der Waals surface area contributed by atoms with E-state index in [0.717, 1.165) is 10.8 Å². The van der Waals surface area contributed by atoms with E-state index in [2.05, 4.69) is 51.9 Å². The average Bonchev–Trinajstić information content (AvgIpc) is 2.74. The van der Waals surface area contributed by atoms with Crippen LogP contribution in [0, 0.1) is 0 Å². The Morgan fingerprint density at radius 2 is 1.59 bits per heavy atom. The summed E-state index contributed by atoms with van der Waals surface area (Å²) >= 11 is 1.63. The standard InChI is InChI=1S/C22H17N3OS/c26-22(17-8-2-1-3-9-17)23-20-13-14-21(25-24-20)27-15-18-11-6-10-16-7-4-5-12-19(16)18/h1-14H,15H2,(H,23,24,26). The molecule has 27 heavy (non-hydrogen) atoms. The van der Waals surface area contributed by atoms with E-state index < -0.39 is 0 Å². The van der Waals surface area contributed by atoms with E-state index in [1.54, 1.807) is 30.0 Å². The predicted octanol–water partition coefficient (Wildman–Crippen LogP) is 5.17. The minimum absolute atomic E-state index is 0.193. The number of fused-ring (bicyclic) bond motifs is 1. The topological polar surface area (TPSA) is 54.9 Å². The SMILES string of the molecule is O=C(Nc1ccc(SCc2cccc3ccccc23)nn1)c1ccccc1. The third-order valence-corrected chi connectivity index (χ3v) is 5.14. The van der Waals surface area contributed by atoms with E-state index in [1.807, 2.05) is 30.3 Å². The van der Waals surface area contributed by atoms with Gasteiger partial charge in [-0.1, -0.05) is 72.4 Å². The molecule has 132 valence electrons. The van der Waals surface area contributed by atoms with Crippen molar-refractivity contribution in [2.24, 2.45) is 0 Å². The number of nitrogens with zero attached hydrogens (tertiary/aromatic N) is 2. The molecule has 5 heteroatoms. The lowest BCUT2D eigenvalue weighted by molar-refractivity contribution is 0.102. The number of carbonyl (C=O) groups is 1. The van der Waals surface area contributed by atoms with E-state index in [4.69, 9.17) is 0 Å². The fourth-order valence-corrected chi connectivity index (χ4v) is 3.63. The Morgan fingerprint density at radius 3 is 2.41 bits per heavy atom. The lowest BCUT2D eigenvalue weighted by Crippen LogP contribution is -2.13. The summed E-state index contributed by atoms with van der Waals surface area (Å²) in [7, 11) is 0. The molecule has 0 fully saturated rings. The molecule has 1 amide bonds. The van der Waals surface area contributed by atoms with E-state index in [9.17, 15) is 4.79 Å². The number of hydrogen-bond acceptors (Lipinski definition) is 4. The number of aromatic nitrogens is 2. The number of hydrogen-bond donors (Lipinski definition) is 1. The second-order valence-corrected chi connectivity index (χ2v) is 7.00. The second-order valence-electron chi connectivity index (χ2n) is 6.00. The zero-order valence-corrected chi connectivity index (χ0v) is 15.3. The molecule has 4 nitrogen and oxygen atoms in total. The van der Waals surface area contributed by atoms with Gasteiger partial charge >= 0.3 is 0 Å². The third-order valence-electron chi connectivity index (χ3n) is 4.17. The van der Waals surface area contributed by atoms with Crippen molar-refractivity contribution in [3.8, 4) is 0 Å². The molecule has 0 saturated heterocycles. The number of amides is 1. The Kier molecular flexibility index (Phi) is 5.12. The van der Waals surface area contributed by atoms with E-state index in [-0.39, 0.29) is 5.91 Å². The van der Waals surface area contributed by atoms with Crippen LogP contribution in [0.15, 0.2) is 90.0 Å². The first kappa shape index (κ1) is 17.2. The summed E-state index contributed by atoms with van der Waals surface area (Å²) in [5, 5.41) is 14.4. The Bertz CT molecular complexity index is 1060. The monoisotopic (exact) mass is 371 g/mol. The van der Waals surface area contributed by atoms with Crippen molar-refractivity contribution in [2.45, 2.75) is 10.8 Å². The van der Waals surface area contributed by atoms with Crippen molar-refractivity contribution in [2.75, 3.05) is 5.32 Å². The first-order valence-corrected chi connectivity index (χ1v) is 9.58. The quantitative estimate of drug-likeness (QED) is 0.492. The van der Waals surface area contributed by atoms with Crippen molar-refractivity contribution in [3.05, 3.63) is 96.1 Å². The van der Waals surface area contributed by atoms with Gasteiger partial charge in [-0.3, -0.25) is 4.79 Å². The van der Waals surface area contributed by atoms with Crippen molar-refractivity contribution in [3.63, 3.8) is 0 Å². The van der Waals surface area contributed by atoms with Crippen LogP contribution in [-0.4, -0.2) is 16.1 Å². The van der Waals surface area contributed by atoms with Crippen molar-refractivity contribution >= 4 is 34.3 Å². The maximum atomic E-state index is 12.2. The molecule has 4 aromatic rings. The van der Waals surface area contributed by atoms with Crippen LogP contribution >= 0.6 is 11.8 Å². The Hall–Kier alpha value is -3.18. The van der Waals surface area contributed by atoms with Gasteiger partial charge in [0.05, 0.1) is 0 Å². The Balaban J connectivity index is 1.41. The lowest BCUT2D eigenvalue weighted by atomic mass is 10.1. The maximum Gasteiger partial charge on any atom is 0.256 e. The summed E-state index contributed by atoms with van der Waals surface area (Å²) in [4.78, 5) is 12.2. The third kappa shape index (κ3) is 4.15. The molecule has 3 aromatic carbocycles. The van der Waals surface area contributed by atoms with Gasteiger partial charge in [0.1, 0.15) is 5.03 Å². The fourth-order valence-electron chi connectivity index (χ4n) is 2.81. The molecule has 0 atom stereocenters. The Labute approximate surface area is 161 Å². The molecule has 0 aliphatic rings. The van der Waals surface area contributed by atoms with Gasteiger partial charge in [-0.15, -0.1) is 10.2 Å². The molecular formula is C22H17N3OS. The number of rotatable bonds is 5. The molecule has 0 radical (unpaired) electrons. The van der Waals surface area contributed by atoms with Gasteiger partial charge in [0, 0.05) is 11.3 Å². The minimum atomic E-state index is -0.193. The number of nitrogens with one attached hydrogen (secondary N) is 1. The molecule has 0 unspecified atom stereocenters. The van der Waals surface area contributed by atoms with Gasteiger partial charge in [-0.05, 0) is 40.6 Å². The molecule has 0 bridgehead atoms. The van der Waals surface area contributed by atoms with E-state index in [1.165, 1.54) is 16.3 Å². The minimum Gasteiger partial charge on any atom is -0.305 e. The predicted molar refractivity (Wildman–Crippen MR) is 110 cm³/mol. The summed E-state index contributed by atoms with van der Waals surface area (Å²) in [5.74, 6) is 1.06. The van der Waals surface area contributed by atoms with Crippen LogP contribution in [0.2, 0.25) is 0 Å². The summed E-state index contributed by atoms with van der Waals surface area (Å²) in [6.45, 7) is 0. The van der Waals surface area contributed by atoms with Crippen LogP contribution in [0.1, 0.15) is 15.9 Å². The number of benzene rings is 3. The highest BCUT2D eigenvalue weighted by Crippen LogP contribution is 2.26. The van der Waals surface area contributed by atoms with Gasteiger partial charge < -0.3 is 5.32 Å². The largest absolute Gasteiger partial charge is 0.305 e. The van der Waals surface area contributed by atoms with Crippen molar-refractivity contribution in [1.29, 1.82) is 0 Å². The van der Waals surface area contributed by atoms with Crippen LogP contribution < -0.4 is 5.32 Å².